The van der Waals surface area contributed by atoms with Crippen molar-refractivity contribution in [2.24, 2.45) is 0 Å². The second-order valence-electron chi connectivity index (χ2n) is 8.99. The van der Waals surface area contributed by atoms with Crippen molar-refractivity contribution in [3.05, 3.63) is 29.8 Å². The molecule has 1 saturated heterocycles. The monoisotopic (exact) mass is 427 g/mol. The van der Waals surface area contributed by atoms with Gasteiger partial charge in [0, 0.05) is 23.9 Å². The molecule has 2 aromatic rings. The van der Waals surface area contributed by atoms with Crippen molar-refractivity contribution < 1.29 is 9.59 Å². The van der Waals surface area contributed by atoms with Crippen LogP contribution < -0.4 is 5.32 Å². The van der Waals surface area contributed by atoms with Crippen LogP contribution in [-0.2, 0) is 10.2 Å². The molecule has 2 fully saturated rings. The molecule has 0 atom stereocenters. The zero-order valence-electron chi connectivity index (χ0n) is 17.9. The molecule has 2 heterocycles. The van der Waals surface area contributed by atoms with Gasteiger partial charge in [-0.25, -0.2) is 4.79 Å². The van der Waals surface area contributed by atoms with E-state index in [4.69, 9.17) is 0 Å². The summed E-state index contributed by atoms with van der Waals surface area (Å²) in [5.74, 6) is 1.34. The van der Waals surface area contributed by atoms with E-state index in [1.807, 2.05) is 0 Å². The lowest BCUT2D eigenvalue weighted by Gasteiger charge is -2.20. The van der Waals surface area contributed by atoms with E-state index < -0.39 is 0 Å². The zero-order valence-corrected chi connectivity index (χ0v) is 18.7. The minimum atomic E-state index is -0.308. The number of benzene rings is 1. The second-order valence-corrected chi connectivity index (χ2v) is 10.1. The second kappa shape index (κ2) is 8.41. The number of nitrogens with zero attached hydrogens (tertiary/aromatic N) is 4. The van der Waals surface area contributed by atoms with E-state index in [2.05, 4.69) is 65.1 Å². The summed E-state index contributed by atoms with van der Waals surface area (Å²) in [6.45, 7) is 7.11. The van der Waals surface area contributed by atoms with Crippen LogP contribution in [0.15, 0.2) is 29.4 Å². The molecule has 1 N–H and O–H groups in total. The molecule has 7 nitrogen and oxygen atoms in total. The van der Waals surface area contributed by atoms with Gasteiger partial charge in [-0.3, -0.25) is 14.3 Å². The fourth-order valence-electron chi connectivity index (χ4n) is 4.09. The van der Waals surface area contributed by atoms with Crippen LogP contribution in [-0.4, -0.2) is 50.4 Å². The molecule has 1 saturated carbocycles. The molecule has 0 unspecified atom stereocenters. The molecule has 160 valence electrons. The highest BCUT2D eigenvalue weighted by atomic mass is 32.2. The third-order valence-corrected chi connectivity index (χ3v) is 6.77. The maximum absolute atomic E-state index is 11.8. The number of imide groups is 1. The van der Waals surface area contributed by atoms with Gasteiger partial charge in [-0.2, -0.15) is 0 Å². The van der Waals surface area contributed by atoms with Gasteiger partial charge in [-0.15, -0.1) is 10.2 Å². The molecule has 0 radical (unpaired) electrons. The van der Waals surface area contributed by atoms with Crippen LogP contribution in [0.4, 0.5) is 4.79 Å². The Kier molecular flexibility index (Phi) is 5.86. The van der Waals surface area contributed by atoms with E-state index in [9.17, 15) is 9.59 Å². The summed E-state index contributed by atoms with van der Waals surface area (Å²) in [4.78, 5) is 24.8. The maximum atomic E-state index is 11.8. The molecule has 1 aliphatic carbocycles. The summed E-state index contributed by atoms with van der Waals surface area (Å²) in [5.41, 5.74) is 2.47. The Morgan fingerprint density at radius 3 is 2.40 bits per heavy atom. The van der Waals surface area contributed by atoms with Crippen LogP contribution in [0.3, 0.4) is 0 Å². The van der Waals surface area contributed by atoms with Crippen molar-refractivity contribution in [2.45, 2.75) is 63.1 Å². The molecule has 0 spiro atoms. The Balaban J connectivity index is 1.55. The number of hydrogen-bond acceptors (Lipinski definition) is 5. The molecule has 1 aliphatic heterocycles. The summed E-state index contributed by atoms with van der Waals surface area (Å²) < 4.78 is 2.27. The predicted molar refractivity (Wildman–Crippen MR) is 117 cm³/mol. The van der Waals surface area contributed by atoms with Gasteiger partial charge in [0.1, 0.15) is 0 Å². The summed E-state index contributed by atoms with van der Waals surface area (Å²) in [6, 6.07) is 8.71. The van der Waals surface area contributed by atoms with Crippen LogP contribution in [0.2, 0.25) is 0 Å². The Labute approximate surface area is 181 Å². The number of carbonyl (C=O) groups is 2. The maximum Gasteiger partial charge on any atom is 0.324 e. The highest BCUT2D eigenvalue weighted by molar-refractivity contribution is 7.99. The number of aromatic nitrogens is 3. The smallest absolute Gasteiger partial charge is 0.324 e. The number of carbonyl (C=O) groups excluding carboxylic acids is 2. The lowest BCUT2D eigenvalue weighted by Crippen LogP contribution is -2.32. The molecule has 8 heteroatoms. The summed E-state index contributed by atoms with van der Waals surface area (Å²) in [5, 5.41) is 12.4. The number of rotatable bonds is 6. The predicted octanol–water partition coefficient (Wildman–Crippen LogP) is 4.00. The Hall–Kier alpha value is -2.35. The average Bonchev–Trinajstić information content (AvgIpc) is 3.44. The molecule has 0 bridgehead atoms. The van der Waals surface area contributed by atoms with Gasteiger partial charge in [-0.05, 0) is 23.8 Å². The highest BCUT2D eigenvalue weighted by Crippen LogP contribution is 2.37. The lowest BCUT2D eigenvalue weighted by molar-refractivity contribution is -0.124. The Morgan fingerprint density at radius 1 is 1.10 bits per heavy atom. The molecule has 1 aromatic carbocycles. The van der Waals surface area contributed by atoms with Crippen LogP contribution in [0.25, 0.3) is 11.4 Å². The number of hydrogen-bond donors (Lipinski definition) is 1. The molecule has 2 aliphatic rings. The van der Waals surface area contributed by atoms with E-state index >= 15 is 0 Å². The van der Waals surface area contributed by atoms with E-state index in [1.165, 1.54) is 23.3 Å². The van der Waals surface area contributed by atoms with Crippen molar-refractivity contribution in [2.75, 3.05) is 18.8 Å². The minimum Gasteiger partial charge on any atom is -0.329 e. The van der Waals surface area contributed by atoms with Crippen LogP contribution >= 0.6 is 11.8 Å². The average molecular weight is 428 g/mol. The minimum absolute atomic E-state index is 0.0937. The number of urea groups is 1. The fraction of sp³-hybridized carbons (Fsp3) is 0.545. The third-order valence-electron chi connectivity index (χ3n) is 5.85. The highest BCUT2D eigenvalue weighted by Gasteiger charge is 2.29. The molecule has 1 aromatic heterocycles. The summed E-state index contributed by atoms with van der Waals surface area (Å²) in [6.07, 6.45) is 4.70. The van der Waals surface area contributed by atoms with Gasteiger partial charge < -0.3 is 5.32 Å². The van der Waals surface area contributed by atoms with Crippen LogP contribution in [0.1, 0.15) is 58.1 Å². The van der Waals surface area contributed by atoms with Gasteiger partial charge in [0.25, 0.3) is 0 Å². The standard InChI is InChI=1S/C22H29N5O2S/c1-22(2,3)16-10-8-15(9-11-16)19-24-25-21(27(19)17-6-4-5-7-17)30-13-12-26-18(28)14-23-20(26)29/h8-11,17H,4-7,12-14H2,1-3H3,(H,23,29). The first kappa shape index (κ1) is 20.9. The fourth-order valence-corrected chi connectivity index (χ4v) is 5.02. The summed E-state index contributed by atoms with van der Waals surface area (Å²) in [7, 11) is 0. The van der Waals surface area contributed by atoms with Crippen LogP contribution in [0.5, 0.6) is 0 Å². The molecule has 3 amide bonds. The number of thioether (sulfide) groups is 1. The van der Waals surface area contributed by atoms with Crippen molar-refractivity contribution in [1.29, 1.82) is 0 Å². The lowest BCUT2D eigenvalue weighted by atomic mass is 9.86. The van der Waals surface area contributed by atoms with E-state index in [-0.39, 0.29) is 23.9 Å². The Morgan fingerprint density at radius 2 is 1.80 bits per heavy atom. The first-order chi connectivity index (χ1) is 14.3. The zero-order chi connectivity index (χ0) is 21.3. The molecular weight excluding hydrogens is 398 g/mol. The molecule has 4 rings (SSSR count). The first-order valence-electron chi connectivity index (χ1n) is 10.6. The van der Waals surface area contributed by atoms with E-state index in [0.717, 1.165) is 29.4 Å². The van der Waals surface area contributed by atoms with Crippen molar-refractivity contribution in [1.82, 2.24) is 25.0 Å². The van der Waals surface area contributed by atoms with Gasteiger partial charge in [-0.1, -0.05) is 69.6 Å². The van der Waals surface area contributed by atoms with Gasteiger partial charge in [0.05, 0.1) is 6.54 Å². The van der Waals surface area contributed by atoms with E-state index in [1.54, 1.807) is 11.8 Å². The normalized spacial score (nSPS) is 17.8. The van der Waals surface area contributed by atoms with Crippen LogP contribution in [0, 0.1) is 0 Å². The number of amides is 3. The van der Waals surface area contributed by atoms with Gasteiger partial charge in [0.2, 0.25) is 5.91 Å². The quantitative estimate of drug-likeness (QED) is 0.557. The molecule has 30 heavy (non-hydrogen) atoms. The first-order valence-corrected chi connectivity index (χ1v) is 11.6. The largest absolute Gasteiger partial charge is 0.329 e. The van der Waals surface area contributed by atoms with Crippen molar-refractivity contribution >= 4 is 23.7 Å². The SMILES string of the molecule is CC(C)(C)c1ccc(-c2nnc(SCCN3C(=O)CNC3=O)n2C2CCCC2)cc1. The van der Waals surface area contributed by atoms with Crippen molar-refractivity contribution in [3.8, 4) is 11.4 Å². The molecular formula is C22H29N5O2S. The van der Waals surface area contributed by atoms with E-state index in [0.29, 0.717) is 18.3 Å². The van der Waals surface area contributed by atoms with Crippen molar-refractivity contribution in [3.63, 3.8) is 0 Å². The van der Waals surface area contributed by atoms with Gasteiger partial charge >= 0.3 is 6.03 Å². The number of nitrogens with one attached hydrogen (secondary N) is 1. The third kappa shape index (κ3) is 4.24. The topological polar surface area (TPSA) is 80.1 Å². The Bertz CT molecular complexity index is 910. The summed E-state index contributed by atoms with van der Waals surface area (Å²) >= 11 is 1.56. The van der Waals surface area contributed by atoms with Gasteiger partial charge in [0.15, 0.2) is 11.0 Å².